The van der Waals surface area contributed by atoms with Crippen LogP contribution in [0, 0.1) is 0 Å². The molecule has 2 aliphatic heterocycles. The van der Waals surface area contributed by atoms with Crippen molar-refractivity contribution in [2.45, 2.75) is 25.0 Å². The molecule has 4 rings (SSSR count). The van der Waals surface area contributed by atoms with E-state index in [1.54, 1.807) is 12.1 Å². The van der Waals surface area contributed by atoms with Gasteiger partial charge in [0.1, 0.15) is 11.9 Å². The fourth-order valence-corrected chi connectivity index (χ4v) is 3.17. The number of ether oxygens (including phenoxy) is 2. The molecule has 0 fully saturated rings. The van der Waals surface area contributed by atoms with Crippen LogP contribution in [0.15, 0.2) is 48.5 Å². The number of nitrogens with one attached hydrogen (secondary N) is 1. The highest BCUT2D eigenvalue weighted by Crippen LogP contribution is 2.27. The smallest absolute Gasteiger partial charge is 0.339 e. The highest BCUT2D eigenvalue weighted by Gasteiger charge is 2.32. The minimum absolute atomic E-state index is 0.0853. The Balaban J connectivity index is 1.36. The Morgan fingerprint density at radius 2 is 1.75 bits per heavy atom. The van der Waals surface area contributed by atoms with Gasteiger partial charge < -0.3 is 14.8 Å². The zero-order chi connectivity index (χ0) is 16.5. The SMILES string of the molecule is O=C1O[C@@H](C(=O)NC[C@H]2Cc3ccccc3O2)Cc2ccccc21. The molecule has 0 radical (unpaired) electrons. The lowest BCUT2D eigenvalue weighted by molar-refractivity contribution is -0.130. The monoisotopic (exact) mass is 323 g/mol. The number of carbonyl (C=O) groups is 2. The average Bonchev–Trinajstić information content (AvgIpc) is 3.02. The fourth-order valence-electron chi connectivity index (χ4n) is 3.17. The fraction of sp³-hybridized carbons (Fsp3) is 0.263. The molecule has 0 bridgehead atoms. The molecule has 0 aliphatic carbocycles. The molecule has 0 aromatic heterocycles. The number of benzene rings is 2. The molecule has 0 saturated heterocycles. The van der Waals surface area contributed by atoms with Crippen molar-refractivity contribution in [3.05, 3.63) is 65.2 Å². The number of carbonyl (C=O) groups excluding carboxylic acids is 2. The first-order valence-corrected chi connectivity index (χ1v) is 8.02. The van der Waals surface area contributed by atoms with E-state index in [2.05, 4.69) is 5.32 Å². The molecule has 5 nitrogen and oxygen atoms in total. The molecule has 2 aromatic carbocycles. The van der Waals surface area contributed by atoms with Crippen LogP contribution in [0.5, 0.6) is 5.75 Å². The van der Waals surface area contributed by atoms with Crippen LogP contribution in [0.25, 0.3) is 0 Å². The predicted molar refractivity (Wildman–Crippen MR) is 86.9 cm³/mol. The Morgan fingerprint density at radius 3 is 2.58 bits per heavy atom. The van der Waals surface area contributed by atoms with E-state index >= 15 is 0 Å². The van der Waals surface area contributed by atoms with Gasteiger partial charge in [-0.25, -0.2) is 4.79 Å². The largest absolute Gasteiger partial charge is 0.488 e. The summed E-state index contributed by atoms with van der Waals surface area (Å²) in [6.45, 7) is 0.392. The summed E-state index contributed by atoms with van der Waals surface area (Å²) in [6, 6.07) is 15.1. The number of rotatable bonds is 3. The molecule has 0 spiro atoms. The van der Waals surface area contributed by atoms with E-state index in [9.17, 15) is 9.59 Å². The summed E-state index contributed by atoms with van der Waals surface area (Å²) in [4.78, 5) is 24.3. The number of fused-ring (bicyclic) bond motifs is 2. The third kappa shape index (κ3) is 2.73. The van der Waals surface area contributed by atoms with Crippen molar-refractivity contribution in [2.24, 2.45) is 0 Å². The summed E-state index contributed by atoms with van der Waals surface area (Å²) in [5, 5.41) is 2.84. The minimum Gasteiger partial charge on any atom is -0.488 e. The molecule has 5 heteroatoms. The average molecular weight is 323 g/mol. The lowest BCUT2D eigenvalue weighted by Gasteiger charge is -2.24. The number of cyclic esters (lactones) is 1. The third-order valence-corrected chi connectivity index (χ3v) is 4.40. The second kappa shape index (κ2) is 6.00. The first kappa shape index (κ1) is 14.8. The number of amides is 1. The van der Waals surface area contributed by atoms with Crippen LogP contribution >= 0.6 is 0 Å². The molecule has 1 N–H and O–H groups in total. The van der Waals surface area contributed by atoms with Crippen LogP contribution in [0.4, 0.5) is 0 Å². The molecule has 2 heterocycles. The normalized spacial score (nSPS) is 21.2. The second-order valence-electron chi connectivity index (χ2n) is 6.05. The van der Waals surface area contributed by atoms with Crippen molar-refractivity contribution < 1.29 is 19.1 Å². The molecule has 0 saturated carbocycles. The quantitative estimate of drug-likeness (QED) is 0.876. The highest BCUT2D eigenvalue weighted by atomic mass is 16.5. The van der Waals surface area contributed by atoms with Gasteiger partial charge in [0, 0.05) is 12.8 Å². The Morgan fingerprint density at radius 1 is 1.00 bits per heavy atom. The maximum absolute atomic E-state index is 12.3. The van der Waals surface area contributed by atoms with Crippen molar-refractivity contribution in [1.29, 1.82) is 0 Å². The van der Waals surface area contributed by atoms with Gasteiger partial charge in [0.05, 0.1) is 12.1 Å². The van der Waals surface area contributed by atoms with E-state index in [0.29, 0.717) is 18.5 Å². The van der Waals surface area contributed by atoms with Gasteiger partial charge >= 0.3 is 5.97 Å². The summed E-state index contributed by atoms with van der Waals surface area (Å²) in [6.07, 6.45) is 0.303. The Bertz CT molecular complexity index is 776. The van der Waals surface area contributed by atoms with E-state index in [4.69, 9.17) is 9.47 Å². The summed E-state index contributed by atoms with van der Waals surface area (Å²) >= 11 is 0. The number of hydrogen-bond acceptors (Lipinski definition) is 4. The Labute approximate surface area is 139 Å². The van der Waals surface area contributed by atoms with Crippen LogP contribution in [0.1, 0.15) is 21.5 Å². The van der Waals surface area contributed by atoms with Crippen molar-refractivity contribution in [3.63, 3.8) is 0 Å². The molecular weight excluding hydrogens is 306 g/mol. The molecule has 1 amide bonds. The van der Waals surface area contributed by atoms with Crippen LogP contribution < -0.4 is 10.1 Å². The maximum Gasteiger partial charge on any atom is 0.339 e. The molecule has 0 unspecified atom stereocenters. The van der Waals surface area contributed by atoms with Gasteiger partial charge in [-0.1, -0.05) is 36.4 Å². The van der Waals surface area contributed by atoms with E-state index in [1.807, 2.05) is 36.4 Å². The van der Waals surface area contributed by atoms with Gasteiger partial charge in [-0.15, -0.1) is 0 Å². The van der Waals surface area contributed by atoms with Crippen LogP contribution in [-0.4, -0.2) is 30.6 Å². The van der Waals surface area contributed by atoms with Crippen LogP contribution in [-0.2, 0) is 22.4 Å². The van der Waals surface area contributed by atoms with Crippen LogP contribution in [0.3, 0.4) is 0 Å². The molecule has 24 heavy (non-hydrogen) atoms. The lowest BCUT2D eigenvalue weighted by atomic mass is 9.98. The second-order valence-corrected chi connectivity index (χ2v) is 6.05. The number of para-hydroxylation sites is 1. The van der Waals surface area contributed by atoms with Gasteiger partial charge in [0.25, 0.3) is 5.91 Å². The van der Waals surface area contributed by atoms with E-state index in [0.717, 1.165) is 23.3 Å². The molecular formula is C19H17NO4. The number of hydrogen-bond donors (Lipinski definition) is 1. The van der Waals surface area contributed by atoms with E-state index < -0.39 is 12.1 Å². The highest BCUT2D eigenvalue weighted by molar-refractivity contribution is 5.95. The first-order valence-electron chi connectivity index (χ1n) is 8.02. The summed E-state index contributed by atoms with van der Waals surface area (Å²) < 4.78 is 11.1. The standard InChI is InChI=1S/C19H17NO4/c21-18(17-10-12-5-1-3-7-15(12)19(22)24-17)20-11-14-9-13-6-2-4-8-16(13)23-14/h1-8,14,17H,9-11H2,(H,20,21)/t14-,17-/m1/s1. The molecule has 2 aromatic rings. The predicted octanol–water partition coefficient (Wildman–Crippen LogP) is 1.89. The Hall–Kier alpha value is -2.82. The topological polar surface area (TPSA) is 64.6 Å². The zero-order valence-electron chi connectivity index (χ0n) is 13.0. The van der Waals surface area contributed by atoms with Crippen molar-refractivity contribution in [3.8, 4) is 5.75 Å². The maximum atomic E-state index is 12.3. The third-order valence-electron chi connectivity index (χ3n) is 4.40. The van der Waals surface area contributed by atoms with Crippen molar-refractivity contribution >= 4 is 11.9 Å². The van der Waals surface area contributed by atoms with E-state index in [-0.39, 0.29) is 12.0 Å². The Kier molecular flexibility index (Phi) is 3.69. The summed E-state index contributed by atoms with van der Waals surface area (Å²) in [5.41, 5.74) is 2.53. The molecule has 122 valence electrons. The lowest BCUT2D eigenvalue weighted by Crippen LogP contribution is -2.44. The summed E-state index contributed by atoms with van der Waals surface area (Å²) in [7, 11) is 0. The van der Waals surface area contributed by atoms with Gasteiger partial charge in [0.15, 0.2) is 6.10 Å². The van der Waals surface area contributed by atoms with Gasteiger partial charge in [0.2, 0.25) is 0 Å². The molecule has 2 atom stereocenters. The zero-order valence-corrected chi connectivity index (χ0v) is 13.0. The molecule has 2 aliphatic rings. The van der Waals surface area contributed by atoms with E-state index in [1.165, 1.54) is 0 Å². The minimum atomic E-state index is -0.781. The van der Waals surface area contributed by atoms with Gasteiger partial charge in [-0.2, -0.15) is 0 Å². The summed E-state index contributed by atoms with van der Waals surface area (Å²) in [5.74, 6) is 0.147. The van der Waals surface area contributed by atoms with Gasteiger partial charge in [-0.05, 0) is 23.3 Å². The van der Waals surface area contributed by atoms with Crippen molar-refractivity contribution in [1.82, 2.24) is 5.32 Å². The van der Waals surface area contributed by atoms with Crippen LogP contribution in [0.2, 0.25) is 0 Å². The van der Waals surface area contributed by atoms with Crippen molar-refractivity contribution in [2.75, 3.05) is 6.54 Å². The first-order chi connectivity index (χ1) is 11.7. The van der Waals surface area contributed by atoms with Gasteiger partial charge in [-0.3, -0.25) is 4.79 Å². The number of esters is 1.